The normalized spacial score (nSPS) is 14.5. The summed E-state index contributed by atoms with van der Waals surface area (Å²) < 4.78 is 5.08. The van der Waals surface area contributed by atoms with E-state index in [-0.39, 0.29) is 12.5 Å². The zero-order valence-electron chi connectivity index (χ0n) is 14.5. The van der Waals surface area contributed by atoms with Crippen LogP contribution in [0.25, 0.3) is 0 Å². The van der Waals surface area contributed by atoms with Crippen molar-refractivity contribution in [3.05, 3.63) is 58.7 Å². The molecule has 2 aromatic rings. The first-order valence-corrected chi connectivity index (χ1v) is 8.85. The van der Waals surface area contributed by atoms with Gasteiger partial charge in [-0.15, -0.1) is 0 Å². The van der Waals surface area contributed by atoms with E-state index < -0.39 is 5.97 Å². The first kappa shape index (κ1) is 18.2. The highest BCUT2D eigenvalue weighted by molar-refractivity contribution is 6.30. The van der Waals surface area contributed by atoms with Crippen LogP contribution in [0.5, 0.6) is 0 Å². The molecule has 3 rings (SSSR count). The van der Waals surface area contributed by atoms with Crippen molar-refractivity contribution < 1.29 is 14.3 Å². The number of esters is 1. The van der Waals surface area contributed by atoms with Crippen LogP contribution in [0.2, 0.25) is 5.02 Å². The molecule has 2 heterocycles. The van der Waals surface area contributed by atoms with Crippen LogP contribution in [-0.2, 0) is 16.1 Å². The van der Waals surface area contributed by atoms with E-state index in [0.717, 1.165) is 5.56 Å². The summed E-state index contributed by atoms with van der Waals surface area (Å²) in [5.74, 6) is 0.0590. The van der Waals surface area contributed by atoms with Gasteiger partial charge in [0, 0.05) is 30.9 Å². The number of hydrogen-bond acceptors (Lipinski definition) is 5. The summed E-state index contributed by atoms with van der Waals surface area (Å²) in [6.45, 7) is 3.92. The van der Waals surface area contributed by atoms with Crippen molar-refractivity contribution in [3.8, 4) is 0 Å². The van der Waals surface area contributed by atoms with Gasteiger partial charge in [-0.2, -0.15) is 0 Å². The molecule has 0 unspecified atom stereocenters. The lowest BCUT2D eigenvalue weighted by Crippen LogP contribution is -2.50. The van der Waals surface area contributed by atoms with Crippen molar-refractivity contribution in [1.82, 2.24) is 9.88 Å². The highest BCUT2D eigenvalue weighted by atomic mass is 35.5. The SMILES string of the molecule is CCOC(=O)c1cccnc1N1CCN(Cc2ccc(Cl)cc2)C(=O)C1. The molecule has 0 N–H and O–H groups in total. The Bertz CT molecular complexity index is 795. The van der Waals surface area contributed by atoms with E-state index in [1.54, 1.807) is 30.2 Å². The van der Waals surface area contributed by atoms with Crippen molar-refractivity contribution in [3.63, 3.8) is 0 Å². The molecule has 0 atom stereocenters. The number of benzene rings is 1. The Morgan fingerprint density at radius 1 is 1.23 bits per heavy atom. The van der Waals surface area contributed by atoms with Crippen LogP contribution >= 0.6 is 11.6 Å². The van der Waals surface area contributed by atoms with Crippen molar-refractivity contribution in [1.29, 1.82) is 0 Å². The second-order valence-electron chi connectivity index (χ2n) is 5.96. The Morgan fingerprint density at radius 2 is 2.00 bits per heavy atom. The fourth-order valence-electron chi connectivity index (χ4n) is 2.88. The fraction of sp³-hybridized carbons (Fsp3) is 0.316. The highest BCUT2D eigenvalue weighted by Gasteiger charge is 2.27. The Labute approximate surface area is 157 Å². The number of carbonyl (C=O) groups is 2. The molecule has 1 aromatic heterocycles. The van der Waals surface area contributed by atoms with E-state index in [1.165, 1.54) is 0 Å². The number of nitrogens with zero attached hydrogens (tertiary/aromatic N) is 3. The average molecular weight is 374 g/mol. The molecule has 1 fully saturated rings. The van der Waals surface area contributed by atoms with Crippen LogP contribution in [0.1, 0.15) is 22.8 Å². The third-order valence-corrected chi connectivity index (χ3v) is 4.44. The van der Waals surface area contributed by atoms with Gasteiger partial charge in [0.2, 0.25) is 5.91 Å². The van der Waals surface area contributed by atoms with Crippen LogP contribution in [0.3, 0.4) is 0 Å². The summed E-state index contributed by atoms with van der Waals surface area (Å²) in [5, 5.41) is 0.673. The Balaban J connectivity index is 1.70. The minimum atomic E-state index is -0.424. The molecular formula is C19H20ClN3O3. The van der Waals surface area contributed by atoms with Crippen molar-refractivity contribution in [2.45, 2.75) is 13.5 Å². The van der Waals surface area contributed by atoms with Crippen LogP contribution in [0, 0.1) is 0 Å². The molecule has 1 amide bonds. The molecule has 0 saturated carbocycles. The van der Waals surface area contributed by atoms with Crippen LogP contribution in [0.4, 0.5) is 5.82 Å². The zero-order valence-corrected chi connectivity index (χ0v) is 15.3. The summed E-state index contributed by atoms with van der Waals surface area (Å²) >= 11 is 5.90. The summed E-state index contributed by atoms with van der Waals surface area (Å²) in [5.41, 5.74) is 1.41. The molecule has 7 heteroatoms. The second kappa shape index (κ2) is 8.19. The molecular weight excluding hydrogens is 354 g/mol. The Hall–Kier alpha value is -2.60. The van der Waals surface area contributed by atoms with Gasteiger partial charge in [-0.05, 0) is 36.8 Å². The van der Waals surface area contributed by atoms with Gasteiger partial charge >= 0.3 is 5.97 Å². The van der Waals surface area contributed by atoms with Gasteiger partial charge in [-0.25, -0.2) is 9.78 Å². The van der Waals surface area contributed by atoms with E-state index in [4.69, 9.17) is 16.3 Å². The van der Waals surface area contributed by atoms with Crippen molar-refractivity contribution in [2.75, 3.05) is 31.1 Å². The number of aromatic nitrogens is 1. The first-order chi connectivity index (χ1) is 12.6. The number of hydrogen-bond donors (Lipinski definition) is 0. The number of amides is 1. The van der Waals surface area contributed by atoms with Gasteiger partial charge < -0.3 is 14.5 Å². The number of carbonyl (C=O) groups excluding carboxylic acids is 2. The molecule has 26 heavy (non-hydrogen) atoms. The van der Waals surface area contributed by atoms with Gasteiger partial charge in [-0.1, -0.05) is 23.7 Å². The number of pyridine rings is 1. The van der Waals surface area contributed by atoms with E-state index in [9.17, 15) is 9.59 Å². The maximum absolute atomic E-state index is 12.6. The van der Waals surface area contributed by atoms with Gasteiger partial charge in [0.25, 0.3) is 0 Å². The van der Waals surface area contributed by atoms with E-state index in [2.05, 4.69) is 4.98 Å². The van der Waals surface area contributed by atoms with Crippen LogP contribution < -0.4 is 4.90 Å². The molecule has 136 valence electrons. The van der Waals surface area contributed by atoms with E-state index in [1.807, 2.05) is 29.2 Å². The van der Waals surface area contributed by atoms with E-state index in [0.29, 0.717) is 42.6 Å². The average Bonchev–Trinajstić information content (AvgIpc) is 2.65. The first-order valence-electron chi connectivity index (χ1n) is 8.47. The summed E-state index contributed by atoms with van der Waals surface area (Å²) in [7, 11) is 0. The van der Waals surface area contributed by atoms with Crippen molar-refractivity contribution in [2.24, 2.45) is 0 Å². The summed E-state index contributed by atoms with van der Waals surface area (Å²) in [6.07, 6.45) is 1.61. The smallest absolute Gasteiger partial charge is 0.341 e. The van der Waals surface area contributed by atoms with Crippen LogP contribution in [-0.4, -0.2) is 48.0 Å². The maximum atomic E-state index is 12.6. The monoisotopic (exact) mass is 373 g/mol. The number of piperazine rings is 1. The standard InChI is InChI=1S/C19H20ClN3O3/c1-2-26-19(25)16-4-3-9-21-18(16)23-11-10-22(17(24)13-23)12-14-5-7-15(20)8-6-14/h3-9H,2,10-13H2,1H3. The second-order valence-corrected chi connectivity index (χ2v) is 6.39. The number of halogens is 1. The van der Waals surface area contributed by atoms with Crippen molar-refractivity contribution >= 4 is 29.3 Å². The quantitative estimate of drug-likeness (QED) is 0.754. The molecule has 1 saturated heterocycles. The lowest BCUT2D eigenvalue weighted by Gasteiger charge is -2.35. The molecule has 0 spiro atoms. The Morgan fingerprint density at radius 3 is 2.69 bits per heavy atom. The molecule has 0 radical (unpaired) electrons. The lowest BCUT2D eigenvalue weighted by molar-refractivity contribution is -0.131. The lowest BCUT2D eigenvalue weighted by atomic mass is 10.1. The minimum Gasteiger partial charge on any atom is -0.462 e. The molecule has 6 nitrogen and oxygen atoms in total. The number of rotatable bonds is 5. The molecule has 1 aromatic carbocycles. The molecule has 1 aliphatic rings. The van der Waals surface area contributed by atoms with Gasteiger partial charge in [0.1, 0.15) is 11.4 Å². The van der Waals surface area contributed by atoms with Crippen LogP contribution in [0.15, 0.2) is 42.6 Å². The highest BCUT2D eigenvalue weighted by Crippen LogP contribution is 2.21. The minimum absolute atomic E-state index is 0.00772. The zero-order chi connectivity index (χ0) is 18.5. The van der Waals surface area contributed by atoms with Gasteiger partial charge in [0.15, 0.2) is 0 Å². The number of anilines is 1. The topological polar surface area (TPSA) is 62.7 Å². The van der Waals surface area contributed by atoms with Gasteiger partial charge in [0.05, 0.1) is 13.2 Å². The third-order valence-electron chi connectivity index (χ3n) is 4.19. The number of ether oxygens (including phenoxy) is 1. The summed E-state index contributed by atoms with van der Waals surface area (Å²) in [4.78, 5) is 32.6. The predicted molar refractivity (Wildman–Crippen MR) is 99.3 cm³/mol. The largest absolute Gasteiger partial charge is 0.462 e. The fourth-order valence-corrected chi connectivity index (χ4v) is 3.01. The Kier molecular flexibility index (Phi) is 5.73. The third kappa shape index (κ3) is 4.14. The molecule has 0 bridgehead atoms. The molecule has 1 aliphatic heterocycles. The molecule has 0 aliphatic carbocycles. The van der Waals surface area contributed by atoms with Gasteiger partial charge in [-0.3, -0.25) is 4.79 Å². The maximum Gasteiger partial charge on any atom is 0.341 e. The predicted octanol–water partition coefficient (Wildman–Crippen LogP) is 2.76. The van der Waals surface area contributed by atoms with E-state index >= 15 is 0 Å². The summed E-state index contributed by atoms with van der Waals surface area (Å²) in [6, 6.07) is 10.8.